The molecule has 2 aromatic carbocycles. The third kappa shape index (κ3) is 2.46. The Bertz CT molecular complexity index is 653. The standard InChI is InChI=1S/C18H19NO/c1-13-8-10-14(11-9-13)15-6-4-5-7-16(15)17-19-18(2,3)12-20-17/h4-11H,12H2,1-3H3. The highest BCUT2D eigenvalue weighted by atomic mass is 16.5. The fourth-order valence-corrected chi connectivity index (χ4v) is 2.38. The second kappa shape index (κ2) is 4.78. The highest BCUT2D eigenvalue weighted by Gasteiger charge is 2.28. The minimum absolute atomic E-state index is 0.129. The van der Waals surface area contributed by atoms with Gasteiger partial charge in [0.2, 0.25) is 5.90 Å². The molecule has 2 aromatic rings. The van der Waals surface area contributed by atoms with Crippen LogP contribution in [0.4, 0.5) is 0 Å². The molecule has 2 heteroatoms. The summed E-state index contributed by atoms with van der Waals surface area (Å²) in [5, 5.41) is 0. The summed E-state index contributed by atoms with van der Waals surface area (Å²) < 4.78 is 5.79. The predicted octanol–water partition coefficient (Wildman–Crippen LogP) is 4.22. The molecule has 20 heavy (non-hydrogen) atoms. The largest absolute Gasteiger partial charge is 0.475 e. The molecule has 0 saturated heterocycles. The van der Waals surface area contributed by atoms with Gasteiger partial charge in [-0.2, -0.15) is 0 Å². The molecule has 102 valence electrons. The molecule has 0 N–H and O–H groups in total. The molecule has 0 bridgehead atoms. The van der Waals surface area contributed by atoms with Crippen LogP contribution in [0.1, 0.15) is 25.0 Å². The lowest BCUT2D eigenvalue weighted by atomic mass is 9.98. The van der Waals surface area contributed by atoms with Crippen molar-refractivity contribution in [2.75, 3.05) is 6.61 Å². The number of nitrogens with zero attached hydrogens (tertiary/aromatic N) is 1. The lowest BCUT2D eigenvalue weighted by molar-refractivity contribution is 0.279. The second-order valence-electron chi connectivity index (χ2n) is 5.93. The average molecular weight is 265 g/mol. The van der Waals surface area contributed by atoms with Crippen LogP contribution < -0.4 is 0 Å². The third-order valence-corrected chi connectivity index (χ3v) is 3.49. The van der Waals surface area contributed by atoms with Gasteiger partial charge in [0.05, 0.1) is 5.54 Å². The Morgan fingerprint density at radius 2 is 1.60 bits per heavy atom. The molecule has 1 heterocycles. The van der Waals surface area contributed by atoms with Crippen molar-refractivity contribution in [2.45, 2.75) is 26.3 Å². The number of ether oxygens (including phenoxy) is 1. The van der Waals surface area contributed by atoms with Crippen molar-refractivity contribution in [3.8, 4) is 11.1 Å². The number of aryl methyl sites for hydroxylation is 1. The normalized spacial score (nSPS) is 16.6. The molecule has 2 nitrogen and oxygen atoms in total. The van der Waals surface area contributed by atoms with Crippen molar-refractivity contribution in [1.82, 2.24) is 0 Å². The first kappa shape index (κ1) is 12.9. The van der Waals surface area contributed by atoms with Crippen LogP contribution in [0.5, 0.6) is 0 Å². The predicted molar refractivity (Wildman–Crippen MR) is 83.2 cm³/mol. The molecule has 1 aliphatic heterocycles. The van der Waals surface area contributed by atoms with Crippen LogP contribution in [-0.2, 0) is 4.74 Å². The first-order valence-corrected chi connectivity index (χ1v) is 6.94. The van der Waals surface area contributed by atoms with Gasteiger partial charge in [0.1, 0.15) is 6.61 Å². The van der Waals surface area contributed by atoms with Crippen LogP contribution in [-0.4, -0.2) is 18.0 Å². The highest BCUT2D eigenvalue weighted by molar-refractivity contribution is 6.01. The summed E-state index contributed by atoms with van der Waals surface area (Å²) in [5.74, 6) is 0.756. The molecule has 0 aliphatic carbocycles. The van der Waals surface area contributed by atoms with Crippen LogP contribution >= 0.6 is 0 Å². The third-order valence-electron chi connectivity index (χ3n) is 3.49. The Morgan fingerprint density at radius 1 is 0.950 bits per heavy atom. The molecule has 0 saturated carbocycles. The minimum Gasteiger partial charge on any atom is -0.475 e. The van der Waals surface area contributed by atoms with Crippen molar-refractivity contribution in [2.24, 2.45) is 4.99 Å². The lowest BCUT2D eigenvalue weighted by Crippen LogP contribution is -2.17. The van der Waals surface area contributed by atoms with Crippen molar-refractivity contribution in [3.05, 3.63) is 59.7 Å². The summed E-state index contributed by atoms with van der Waals surface area (Å²) in [5.41, 5.74) is 4.57. The van der Waals surface area contributed by atoms with Gasteiger partial charge < -0.3 is 4.74 Å². The summed E-state index contributed by atoms with van der Waals surface area (Å²) in [6, 6.07) is 16.8. The van der Waals surface area contributed by atoms with E-state index in [2.05, 4.69) is 68.2 Å². The van der Waals surface area contributed by atoms with Gasteiger partial charge in [0, 0.05) is 5.56 Å². The zero-order valence-corrected chi connectivity index (χ0v) is 12.2. The number of hydrogen-bond acceptors (Lipinski definition) is 2. The number of aliphatic imine (C=N–C) groups is 1. The fourth-order valence-electron chi connectivity index (χ4n) is 2.38. The molecule has 0 amide bonds. The maximum atomic E-state index is 5.79. The molecule has 0 atom stereocenters. The first-order chi connectivity index (χ1) is 9.55. The molecular formula is C18H19NO. The summed E-state index contributed by atoms with van der Waals surface area (Å²) in [6.07, 6.45) is 0. The Labute approximate surface area is 120 Å². The molecule has 0 aromatic heterocycles. The Hall–Kier alpha value is -2.09. The van der Waals surface area contributed by atoms with Crippen LogP contribution in [0, 0.1) is 6.92 Å². The zero-order chi connectivity index (χ0) is 14.2. The van der Waals surface area contributed by atoms with E-state index in [1.807, 2.05) is 6.07 Å². The molecule has 0 fully saturated rings. The smallest absolute Gasteiger partial charge is 0.217 e. The second-order valence-corrected chi connectivity index (χ2v) is 5.93. The van der Waals surface area contributed by atoms with Gasteiger partial charge in [-0.1, -0.05) is 48.0 Å². The van der Waals surface area contributed by atoms with Gasteiger partial charge in [0.25, 0.3) is 0 Å². The summed E-state index contributed by atoms with van der Waals surface area (Å²) >= 11 is 0. The molecule has 0 spiro atoms. The van der Waals surface area contributed by atoms with E-state index in [1.54, 1.807) is 0 Å². The van der Waals surface area contributed by atoms with Crippen LogP contribution in [0.3, 0.4) is 0 Å². The molecular weight excluding hydrogens is 246 g/mol. The van der Waals surface area contributed by atoms with Gasteiger partial charge in [-0.05, 0) is 38.0 Å². The Balaban J connectivity index is 2.08. The maximum absolute atomic E-state index is 5.79. The van der Waals surface area contributed by atoms with Gasteiger partial charge in [-0.15, -0.1) is 0 Å². The molecule has 0 unspecified atom stereocenters. The lowest BCUT2D eigenvalue weighted by Gasteiger charge is -2.09. The van der Waals surface area contributed by atoms with Crippen LogP contribution in [0.25, 0.3) is 11.1 Å². The van der Waals surface area contributed by atoms with Gasteiger partial charge >= 0.3 is 0 Å². The average Bonchev–Trinajstić information content (AvgIpc) is 2.80. The topological polar surface area (TPSA) is 21.6 Å². The van der Waals surface area contributed by atoms with E-state index < -0.39 is 0 Å². The summed E-state index contributed by atoms with van der Waals surface area (Å²) in [7, 11) is 0. The monoisotopic (exact) mass is 265 g/mol. The number of rotatable bonds is 2. The van der Waals surface area contributed by atoms with Crippen molar-refractivity contribution in [1.29, 1.82) is 0 Å². The van der Waals surface area contributed by atoms with Crippen molar-refractivity contribution in [3.63, 3.8) is 0 Å². The van der Waals surface area contributed by atoms with E-state index in [-0.39, 0.29) is 5.54 Å². The van der Waals surface area contributed by atoms with Gasteiger partial charge in [0.15, 0.2) is 0 Å². The van der Waals surface area contributed by atoms with E-state index >= 15 is 0 Å². The summed E-state index contributed by atoms with van der Waals surface area (Å²) in [6.45, 7) is 6.93. The zero-order valence-electron chi connectivity index (χ0n) is 12.2. The van der Waals surface area contributed by atoms with E-state index in [0.29, 0.717) is 6.61 Å². The van der Waals surface area contributed by atoms with Crippen LogP contribution in [0.2, 0.25) is 0 Å². The van der Waals surface area contributed by atoms with Gasteiger partial charge in [-0.3, -0.25) is 0 Å². The van der Waals surface area contributed by atoms with E-state index in [4.69, 9.17) is 4.74 Å². The first-order valence-electron chi connectivity index (χ1n) is 6.94. The summed E-state index contributed by atoms with van der Waals surface area (Å²) in [4.78, 5) is 4.69. The molecule has 3 rings (SSSR count). The minimum atomic E-state index is -0.129. The van der Waals surface area contributed by atoms with E-state index in [0.717, 1.165) is 11.5 Å². The quantitative estimate of drug-likeness (QED) is 0.796. The van der Waals surface area contributed by atoms with E-state index in [9.17, 15) is 0 Å². The van der Waals surface area contributed by atoms with E-state index in [1.165, 1.54) is 16.7 Å². The number of hydrogen-bond donors (Lipinski definition) is 0. The SMILES string of the molecule is Cc1ccc(-c2ccccc2C2=NC(C)(C)CO2)cc1. The van der Waals surface area contributed by atoms with Crippen molar-refractivity contribution < 1.29 is 4.74 Å². The number of benzene rings is 2. The molecule has 1 aliphatic rings. The van der Waals surface area contributed by atoms with Crippen molar-refractivity contribution >= 4 is 5.90 Å². The Kier molecular flexibility index (Phi) is 3.09. The highest BCUT2D eigenvalue weighted by Crippen LogP contribution is 2.28. The maximum Gasteiger partial charge on any atom is 0.217 e. The fraction of sp³-hybridized carbons (Fsp3) is 0.278. The Morgan fingerprint density at radius 3 is 2.20 bits per heavy atom. The van der Waals surface area contributed by atoms with Crippen LogP contribution in [0.15, 0.2) is 53.5 Å². The van der Waals surface area contributed by atoms with Gasteiger partial charge in [-0.25, -0.2) is 4.99 Å². The molecule has 0 radical (unpaired) electrons.